The van der Waals surface area contributed by atoms with Gasteiger partial charge in [0.2, 0.25) is 0 Å². The second kappa shape index (κ2) is 9.69. The Morgan fingerprint density at radius 3 is 2.65 bits per heavy atom. The number of ether oxygens (including phenoxy) is 3. The van der Waals surface area contributed by atoms with E-state index in [9.17, 15) is 4.39 Å². The van der Waals surface area contributed by atoms with Crippen LogP contribution < -0.4 is 10.1 Å². The number of likely N-dealkylation sites (N-methyl/N-ethyl adjacent to an activating group) is 1. The molecule has 1 atom stereocenters. The van der Waals surface area contributed by atoms with Crippen molar-refractivity contribution < 1.29 is 18.6 Å². The van der Waals surface area contributed by atoms with Gasteiger partial charge in [0.25, 0.3) is 0 Å². The molecule has 0 aliphatic carbocycles. The lowest BCUT2D eigenvalue weighted by molar-refractivity contribution is 0.0661. The Bertz CT molecular complexity index is 387. The fourth-order valence-corrected chi connectivity index (χ4v) is 1.96. The quantitative estimate of drug-likeness (QED) is 0.668. The van der Waals surface area contributed by atoms with Gasteiger partial charge in [-0.1, -0.05) is 12.1 Å². The van der Waals surface area contributed by atoms with Crippen LogP contribution >= 0.6 is 0 Å². The average molecular weight is 285 g/mol. The van der Waals surface area contributed by atoms with Gasteiger partial charge in [-0.05, 0) is 31.5 Å². The van der Waals surface area contributed by atoms with Gasteiger partial charge < -0.3 is 19.5 Å². The molecule has 0 bridgehead atoms. The highest BCUT2D eigenvalue weighted by atomic mass is 19.1. The molecule has 20 heavy (non-hydrogen) atoms. The summed E-state index contributed by atoms with van der Waals surface area (Å²) >= 11 is 0. The van der Waals surface area contributed by atoms with Crippen LogP contribution in [-0.2, 0) is 15.9 Å². The fraction of sp³-hybridized carbons (Fsp3) is 0.600. The Balaban J connectivity index is 2.47. The summed E-state index contributed by atoms with van der Waals surface area (Å²) in [6.07, 6.45) is 1.42. The van der Waals surface area contributed by atoms with Gasteiger partial charge in [-0.2, -0.15) is 0 Å². The predicted octanol–water partition coefficient (Wildman–Crippen LogP) is 2.02. The van der Waals surface area contributed by atoms with Crippen molar-refractivity contribution in [3.8, 4) is 5.75 Å². The van der Waals surface area contributed by atoms with Crippen LogP contribution in [0.2, 0.25) is 0 Å². The molecule has 4 nitrogen and oxygen atoms in total. The molecule has 0 saturated carbocycles. The minimum absolute atomic E-state index is 0.166. The van der Waals surface area contributed by atoms with Gasteiger partial charge in [0.15, 0.2) is 11.6 Å². The molecule has 1 N–H and O–H groups in total. The number of hydrogen-bond acceptors (Lipinski definition) is 4. The Labute approximate surface area is 120 Å². The van der Waals surface area contributed by atoms with Crippen LogP contribution in [0.3, 0.4) is 0 Å². The second-order valence-corrected chi connectivity index (χ2v) is 4.52. The van der Waals surface area contributed by atoms with Crippen LogP contribution in [0.15, 0.2) is 18.2 Å². The summed E-state index contributed by atoms with van der Waals surface area (Å²) in [4.78, 5) is 0. The molecule has 0 saturated heterocycles. The molecule has 0 spiro atoms. The van der Waals surface area contributed by atoms with E-state index in [0.29, 0.717) is 31.8 Å². The molecule has 1 unspecified atom stereocenters. The third-order valence-electron chi connectivity index (χ3n) is 3.18. The maximum atomic E-state index is 14.1. The molecule has 0 radical (unpaired) electrons. The number of hydrogen-bond donors (Lipinski definition) is 1. The zero-order valence-electron chi connectivity index (χ0n) is 12.4. The Hall–Kier alpha value is -1.17. The van der Waals surface area contributed by atoms with E-state index in [0.717, 1.165) is 6.42 Å². The highest BCUT2D eigenvalue weighted by Crippen LogP contribution is 2.21. The molecule has 0 aliphatic heterocycles. The number of methoxy groups -OCH3 is 2. The molecule has 0 amide bonds. The van der Waals surface area contributed by atoms with Crippen LogP contribution in [0, 0.1) is 5.82 Å². The van der Waals surface area contributed by atoms with Crippen molar-refractivity contribution >= 4 is 0 Å². The number of nitrogens with one attached hydrogen (secondary N) is 1. The molecule has 0 heterocycles. The van der Waals surface area contributed by atoms with Crippen LogP contribution in [-0.4, -0.2) is 47.1 Å². The summed E-state index contributed by atoms with van der Waals surface area (Å²) in [6.45, 7) is 1.80. The summed E-state index contributed by atoms with van der Waals surface area (Å²) in [7, 11) is 4.99. The molecular weight excluding hydrogens is 261 g/mol. The molecule has 5 heteroatoms. The molecule has 1 rings (SSSR count). The SMILES string of the molecule is CNC(CCOCCOC)Cc1cccc(OC)c1F. The smallest absolute Gasteiger partial charge is 0.168 e. The first kappa shape index (κ1) is 16.9. The monoisotopic (exact) mass is 285 g/mol. The maximum Gasteiger partial charge on any atom is 0.168 e. The van der Waals surface area contributed by atoms with E-state index >= 15 is 0 Å². The normalized spacial score (nSPS) is 12.4. The molecule has 0 fully saturated rings. The second-order valence-electron chi connectivity index (χ2n) is 4.52. The van der Waals surface area contributed by atoms with E-state index < -0.39 is 0 Å². The van der Waals surface area contributed by atoms with Gasteiger partial charge in [0, 0.05) is 19.8 Å². The van der Waals surface area contributed by atoms with Crippen LogP contribution in [0.4, 0.5) is 4.39 Å². The van der Waals surface area contributed by atoms with Gasteiger partial charge in [0.05, 0.1) is 20.3 Å². The van der Waals surface area contributed by atoms with E-state index in [1.54, 1.807) is 25.3 Å². The number of halogens is 1. The van der Waals surface area contributed by atoms with Gasteiger partial charge in [-0.25, -0.2) is 4.39 Å². The zero-order valence-corrected chi connectivity index (χ0v) is 12.4. The van der Waals surface area contributed by atoms with Crippen molar-refractivity contribution in [1.82, 2.24) is 5.32 Å². The molecule has 114 valence electrons. The van der Waals surface area contributed by atoms with Crippen molar-refractivity contribution in [3.63, 3.8) is 0 Å². The third kappa shape index (κ3) is 5.45. The first-order valence-corrected chi connectivity index (χ1v) is 6.78. The van der Waals surface area contributed by atoms with Gasteiger partial charge in [-0.3, -0.25) is 0 Å². The minimum atomic E-state index is -0.282. The van der Waals surface area contributed by atoms with E-state index in [1.807, 2.05) is 7.05 Å². The van der Waals surface area contributed by atoms with Crippen molar-refractivity contribution in [2.75, 3.05) is 41.1 Å². The minimum Gasteiger partial charge on any atom is -0.494 e. The predicted molar refractivity (Wildman–Crippen MR) is 76.8 cm³/mol. The summed E-state index contributed by atoms with van der Waals surface area (Å²) in [5, 5.41) is 3.19. The first-order valence-electron chi connectivity index (χ1n) is 6.78. The number of benzene rings is 1. The lowest BCUT2D eigenvalue weighted by atomic mass is 10.0. The van der Waals surface area contributed by atoms with Crippen LogP contribution in [0.5, 0.6) is 5.75 Å². The Morgan fingerprint density at radius 2 is 2.00 bits per heavy atom. The molecule has 0 aliphatic rings. The molecule has 1 aromatic rings. The molecule has 1 aromatic carbocycles. The standard InChI is InChI=1S/C15H24FNO3/c1-17-13(7-8-20-10-9-18-2)11-12-5-4-6-14(19-3)15(12)16/h4-6,13,17H,7-11H2,1-3H3. The Morgan fingerprint density at radius 1 is 1.20 bits per heavy atom. The van der Waals surface area contributed by atoms with Gasteiger partial charge in [0.1, 0.15) is 0 Å². The topological polar surface area (TPSA) is 39.7 Å². The average Bonchev–Trinajstić information content (AvgIpc) is 2.47. The summed E-state index contributed by atoms with van der Waals surface area (Å²) in [5.41, 5.74) is 0.653. The van der Waals surface area contributed by atoms with Gasteiger partial charge in [-0.15, -0.1) is 0 Å². The highest BCUT2D eigenvalue weighted by molar-refractivity contribution is 5.31. The van der Waals surface area contributed by atoms with Crippen LogP contribution in [0.25, 0.3) is 0 Å². The molecular formula is C15H24FNO3. The van der Waals surface area contributed by atoms with E-state index in [-0.39, 0.29) is 17.6 Å². The zero-order chi connectivity index (χ0) is 14.8. The van der Waals surface area contributed by atoms with Crippen molar-refractivity contribution in [1.29, 1.82) is 0 Å². The van der Waals surface area contributed by atoms with E-state index in [4.69, 9.17) is 14.2 Å². The summed E-state index contributed by atoms with van der Waals surface area (Å²) in [6, 6.07) is 5.38. The van der Waals surface area contributed by atoms with E-state index in [1.165, 1.54) is 7.11 Å². The highest BCUT2D eigenvalue weighted by Gasteiger charge is 2.13. The lowest BCUT2D eigenvalue weighted by Crippen LogP contribution is -2.29. The largest absolute Gasteiger partial charge is 0.494 e. The fourth-order valence-electron chi connectivity index (χ4n) is 1.96. The van der Waals surface area contributed by atoms with E-state index in [2.05, 4.69) is 5.32 Å². The van der Waals surface area contributed by atoms with Crippen LogP contribution in [0.1, 0.15) is 12.0 Å². The van der Waals surface area contributed by atoms with Crippen molar-refractivity contribution in [3.05, 3.63) is 29.6 Å². The van der Waals surface area contributed by atoms with Crippen molar-refractivity contribution in [2.24, 2.45) is 0 Å². The van der Waals surface area contributed by atoms with Crippen molar-refractivity contribution in [2.45, 2.75) is 18.9 Å². The molecule has 0 aromatic heterocycles. The summed E-state index contributed by atoms with van der Waals surface area (Å²) < 4.78 is 29.4. The third-order valence-corrected chi connectivity index (χ3v) is 3.18. The lowest BCUT2D eigenvalue weighted by Gasteiger charge is -2.17. The maximum absolute atomic E-state index is 14.1. The van der Waals surface area contributed by atoms with Gasteiger partial charge >= 0.3 is 0 Å². The number of rotatable bonds is 10. The first-order chi connectivity index (χ1) is 9.72. The Kier molecular flexibility index (Phi) is 8.18. The summed E-state index contributed by atoms with van der Waals surface area (Å²) in [5.74, 6) is 0.00393.